The van der Waals surface area contributed by atoms with Crippen LogP contribution in [0.3, 0.4) is 0 Å². The predicted octanol–water partition coefficient (Wildman–Crippen LogP) is 4.92. The van der Waals surface area contributed by atoms with Crippen molar-refractivity contribution in [2.24, 2.45) is 0 Å². The molecule has 2 aliphatic carbocycles. The molecule has 4 aromatic rings. The first kappa shape index (κ1) is 28.8. The quantitative estimate of drug-likeness (QED) is 0.284. The summed E-state index contributed by atoms with van der Waals surface area (Å²) >= 11 is 0. The molecule has 0 bridgehead atoms. The molecule has 7 rings (SSSR count). The van der Waals surface area contributed by atoms with Crippen LogP contribution in [0.15, 0.2) is 48.0 Å². The first-order chi connectivity index (χ1) is 21.7. The van der Waals surface area contributed by atoms with Gasteiger partial charge in [-0.1, -0.05) is 12.6 Å². The number of nitriles is 1. The van der Waals surface area contributed by atoms with Gasteiger partial charge >= 0.3 is 5.69 Å². The fourth-order valence-electron chi connectivity index (χ4n) is 6.45. The van der Waals surface area contributed by atoms with Crippen LogP contribution in [0.2, 0.25) is 0 Å². The summed E-state index contributed by atoms with van der Waals surface area (Å²) in [5.41, 5.74) is 3.12. The molecule has 0 radical (unpaired) electrons. The predicted molar refractivity (Wildman–Crippen MR) is 168 cm³/mol. The lowest BCUT2D eigenvalue weighted by Gasteiger charge is -2.44. The average molecular weight is 605 g/mol. The van der Waals surface area contributed by atoms with Crippen molar-refractivity contribution in [1.29, 1.82) is 5.26 Å². The van der Waals surface area contributed by atoms with Crippen LogP contribution < -0.4 is 10.6 Å². The molecule has 0 spiro atoms. The fraction of sp³-hybridized carbons (Fsp3) is 0.382. The number of rotatable bonds is 6. The van der Waals surface area contributed by atoms with Crippen molar-refractivity contribution < 1.29 is 9.18 Å². The van der Waals surface area contributed by atoms with E-state index in [1.807, 2.05) is 18.7 Å². The Morgan fingerprint density at radius 3 is 2.33 bits per heavy atom. The summed E-state index contributed by atoms with van der Waals surface area (Å²) in [6.07, 6.45) is 6.71. The van der Waals surface area contributed by atoms with E-state index < -0.39 is 11.5 Å². The number of fused-ring (bicyclic) bond motifs is 1. The molecule has 11 heteroatoms. The minimum absolute atomic E-state index is 0.147. The minimum atomic E-state index is -0.548. The molecule has 1 amide bonds. The zero-order valence-corrected chi connectivity index (χ0v) is 25.5. The summed E-state index contributed by atoms with van der Waals surface area (Å²) in [7, 11) is 0. The number of aromatic nitrogens is 5. The van der Waals surface area contributed by atoms with Gasteiger partial charge in [0.1, 0.15) is 24.0 Å². The summed E-state index contributed by atoms with van der Waals surface area (Å²) in [6, 6.07) is 8.25. The van der Waals surface area contributed by atoms with Crippen molar-refractivity contribution in [2.45, 2.75) is 70.4 Å². The van der Waals surface area contributed by atoms with Crippen LogP contribution in [-0.2, 0) is 4.79 Å². The molecule has 1 aliphatic heterocycles. The van der Waals surface area contributed by atoms with Gasteiger partial charge in [-0.15, -0.1) is 0 Å². The van der Waals surface area contributed by atoms with Crippen LogP contribution in [0.1, 0.15) is 73.9 Å². The van der Waals surface area contributed by atoms with Crippen LogP contribution >= 0.6 is 0 Å². The number of hydrogen-bond donors (Lipinski definition) is 0. The van der Waals surface area contributed by atoms with Gasteiger partial charge in [0.25, 0.3) is 0 Å². The second-order valence-electron chi connectivity index (χ2n) is 12.5. The molecule has 3 fully saturated rings. The highest BCUT2D eigenvalue weighted by Gasteiger charge is 2.38. The van der Waals surface area contributed by atoms with Gasteiger partial charge in [0.15, 0.2) is 5.65 Å². The smallest absolute Gasteiger partial charge is 0.349 e. The highest BCUT2D eigenvalue weighted by Crippen LogP contribution is 2.47. The topological polar surface area (TPSA) is 121 Å². The Morgan fingerprint density at radius 2 is 1.73 bits per heavy atom. The molecule has 228 valence electrons. The molecule has 0 N–H and O–H groups in total. The van der Waals surface area contributed by atoms with Crippen molar-refractivity contribution in [3.8, 4) is 23.0 Å². The summed E-state index contributed by atoms with van der Waals surface area (Å²) in [5.74, 6) is 0.0999. The van der Waals surface area contributed by atoms with Crippen LogP contribution in [0, 0.1) is 24.1 Å². The van der Waals surface area contributed by atoms with Gasteiger partial charge in [-0.2, -0.15) is 10.2 Å². The number of carbonyl (C=O) groups excluding carboxylic acids is 1. The van der Waals surface area contributed by atoms with E-state index in [0.717, 1.165) is 42.6 Å². The first-order valence-electron chi connectivity index (χ1n) is 15.4. The van der Waals surface area contributed by atoms with E-state index in [1.54, 1.807) is 36.4 Å². The lowest BCUT2D eigenvalue weighted by atomic mass is 10.0. The highest BCUT2D eigenvalue weighted by atomic mass is 19.1. The first-order valence-corrected chi connectivity index (χ1v) is 15.4. The second-order valence-corrected chi connectivity index (χ2v) is 12.5. The molecule has 2 atom stereocenters. The van der Waals surface area contributed by atoms with Crippen molar-refractivity contribution in [3.05, 3.63) is 82.1 Å². The van der Waals surface area contributed by atoms with Gasteiger partial charge in [0.2, 0.25) is 5.91 Å². The third-order valence-corrected chi connectivity index (χ3v) is 9.09. The second kappa shape index (κ2) is 10.9. The summed E-state index contributed by atoms with van der Waals surface area (Å²) < 4.78 is 16.9. The number of nitrogens with zero attached hydrogens (tertiary/aromatic N) is 8. The molecule has 10 nitrogen and oxygen atoms in total. The Balaban J connectivity index is 1.52. The maximum absolute atomic E-state index is 15.4. The van der Waals surface area contributed by atoms with E-state index in [-0.39, 0.29) is 52.3 Å². The fourth-order valence-corrected chi connectivity index (χ4v) is 6.45. The Bertz CT molecular complexity index is 1960. The molecule has 4 heterocycles. The Labute approximate surface area is 259 Å². The molecule has 0 unspecified atom stereocenters. The van der Waals surface area contributed by atoms with E-state index in [9.17, 15) is 14.9 Å². The third-order valence-electron chi connectivity index (χ3n) is 9.09. The minimum Gasteiger partial charge on any atom is -0.349 e. The van der Waals surface area contributed by atoms with Crippen LogP contribution in [0.25, 0.3) is 28.0 Å². The monoisotopic (exact) mass is 604 g/mol. The van der Waals surface area contributed by atoms with E-state index in [2.05, 4.69) is 27.6 Å². The van der Waals surface area contributed by atoms with Crippen molar-refractivity contribution >= 4 is 22.8 Å². The molecule has 1 saturated heterocycles. The molecule has 3 aliphatic rings. The average Bonchev–Trinajstić information content (AvgIpc) is 3.95. The zero-order chi connectivity index (χ0) is 31.6. The van der Waals surface area contributed by atoms with Gasteiger partial charge in [-0.25, -0.2) is 28.7 Å². The Kier molecular flexibility index (Phi) is 6.95. The number of piperazine rings is 1. The Morgan fingerprint density at radius 1 is 1.04 bits per heavy atom. The number of amides is 1. The summed E-state index contributed by atoms with van der Waals surface area (Å²) in [6.45, 7) is 10.1. The van der Waals surface area contributed by atoms with E-state index in [0.29, 0.717) is 30.0 Å². The SMILES string of the molecule is C=CC(=O)N1C[C@H](C)N(c2nc(=O)n(-c3c(C4CC4)ncnc3C3CC3)c3nc(-c4ccc(C)cc4F)c(C#N)cc23)C[C@H]1C. The number of anilines is 1. The molecular formula is C34H33FN8O2. The van der Waals surface area contributed by atoms with Gasteiger partial charge in [-0.05, 0) is 76.3 Å². The molecule has 1 aromatic carbocycles. The van der Waals surface area contributed by atoms with E-state index >= 15 is 4.39 Å². The standard InChI is InChI=1S/C34H33FN8O2/c1-5-27(44)41-15-20(4)42(16-19(41)3)32-25-13-23(14-36)28(24-11-6-18(2)12-26(24)35)39-33(25)43(34(45)40-32)31-29(21-7-8-21)37-17-38-30(31)22-9-10-22/h5-6,11-13,17,19-22H,1,7-10,15-16H2,2-4H3/t19-,20+/m1/s1. The number of carbonyl (C=O) groups is 1. The van der Waals surface area contributed by atoms with Crippen molar-refractivity contribution in [2.75, 3.05) is 18.0 Å². The molecule has 45 heavy (non-hydrogen) atoms. The maximum atomic E-state index is 15.4. The molecule has 2 saturated carbocycles. The number of halogens is 1. The van der Waals surface area contributed by atoms with Gasteiger partial charge in [0, 0.05) is 42.6 Å². The normalized spacial score (nSPS) is 19.9. The van der Waals surface area contributed by atoms with E-state index in [4.69, 9.17) is 4.98 Å². The van der Waals surface area contributed by atoms with Crippen molar-refractivity contribution in [3.63, 3.8) is 0 Å². The molecular weight excluding hydrogens is 571 g/mol. The van der Waals surface area contributed by atoms with Gasteiger partial charge in [-0.3, -0.25) is 4.79 Å². The Hall–Kier alpha value is -4.98. The summed E-state index contributed by atoms with van der Waals surface area (Å²) in [5, 5.41) is 10.8. The van der Waals surface area contributed by atoms with Crippen molar-refractivity contribution in [1.82, 2.24) is 29.4 Å². The zero-order valence-electron chi connectivity index (χ0n) is 25.5. The number of benzene rings is 1. The van der Waals surface area contributed by atoms with Gasteiger partial charge in [0.05, 0.1) is 33.7 Å². The van der Waals surface area contributed by atoms with Gasteiger partial charge < -0.3 is 9.80 Å². The number of hydrogen-bond acceptors (Lipinski definition) is 8. The number of aryl methyl sites for hydroxylation is 1. The van der Waals surface area contributed by atoms with Crippen LogP contribution in [-0.4, -0.2) is 60.5 Å². The lowest BCUT2D eigenvalue weighted by molar-refractivity contribution is -0.128. The maximum Gasteiger partial charge on any atom is 0.355 e. The third kappa shape index (κ3) is 4.94. The number of pyridine rings is 1. The summed E-state index contributed by atoms with van der Waals surface area (Å²) in [4.78, 5) is 49.5. The van der Waals surface area contributed by atoms with Crippen LogP contribution in [0.5, 0.6) is 0 Å². The van der Waals surface area contributed by atoms with Crippen LogP contribution in [0.4, 0.5) is 10.2 Å². The largest absolute Gasteiger partial charge is 0.355 e. The highest BCUT2D eigenvalue weighted by molar-refractivity contribution is 5.93. The molecule has 3 aromatic heterocycles. The lowest BCUT2D eigenvalue weighted by Crippen LogP contribution is -2.58. The van der Waals surface area contributed by atoms with E-state index in [1.165, 1.54) is 16.7 Å².